The number of nitrogens with two attached hydrogens (primary N) is 1. The highest BCUT2D eigenvalue weighted by atomic mass is 16.1. The molecule has 0 fully saturated rings. The average Bonchev–Trinajstić information content (AvgIpc) is 2.66. The van der Waals surface area contributed by atoms with Crippen molar-refractivity contribution in [3.8, 4) is 0 Å². The van der Waals surface area contributed by atoms with E-state index in [0.29, 0.717) is 16.8 Å². The molecule has 4 N–H and O–H groups in total. The van der Waals surface area contributed by atoms with Crippen molar-refractivity contribution < 1.29 is 4.79 Å². The van der Waals surface area contributed by atoms with Gasteiger partial charge in [0.25, 0.3) is 5.91 Å². The average molecular weight is 332 g/mol. The third-order valence-corrected chi connectivity index (χ3v) is 4.25. The van der Waals surface area contributed by atoms with Crippen LogP contribution in [0.15, 0.2) is 54.7 Å². The first kappa shape index (κ1) is 16.6. The summed E-state index contributed by atoms with van der Waals surface area (Å²) in [4.78, 5) is 17.1. The van der Waals surface area contributed by atoms with E-state index in [1.165, 1.54) is 0 Å². The Kier molecular flexibility index (Phi) is 4.75. The van der Waals surface area contributed by atoms with Gasteiger partial charge in [-0.2, -0.15) is 0 Å². The van der Waals surface area contributed by atoms with Crippen LogP contribution < -0.4 is 11.1 Å². The number of nitrogens with zero attached hydrogens (tertiary/aromatic N) is 1. The topological polar surface area (TPSA) is 91.9 Å². The van der Waals surface area contributed by atoms with Gasteiger partial charge in [-0.15, -0.1) is 0 Å². The van der Waals surface area contributed by atoms with Gasteiger partial charge in [0, 0.05) is 34.6 Å². The minimum absolute atomic E-state index is 0.195. The molecule has 5 heteroatoms. The second-order valence-corrected chi connectivity index (χ2v) is 5.84. The fourth-order valence-corrected chi connectivity index (χ4v) is 2.87. The number of carbonyl (C=O) groups is 1. The Morgan fingerprint density at radius 3 is 2.84 bits per heavy atom. The van der Waals surface area contributed by atoms with Crippen molar-refractivity contribution in [2.45, 2.75) is 19.4 Å². The van der Waals surface area contributed by atoms with Crippen molar-refractivity contribution in [1.29, 1.82) is 5.41 Å². The molecule has 0 aliphatic carbocycles. The van der Waals surface area contributed by atoms with Gasteiger partial charge in [0.2, 0.25) is 0 Å². The third-order valence-electron chi connectivity index (χ3n) is 4.25. The first-order valence-corrected chi connectivity index (χ1v) is 8.18. The van der Waals surface area contributed by atoms with Gasteiger partial charge in [-0.3, -0.25) is 9.78 Å². The molecular formula is C20H20N4O. The third kappa shape index (κ3) is 3.35. The van der Waals surface area contributed by atoms with Gasteiger partial charge in [0.1, 0.15) is 0 Å². The van der Waals surface area contributed by atoms with Gasteiger partial charge >= 0.3 is 0 Å². The number of amides is 1. The van der Waals surface area contributed by atoms with Crippen LogP contribution in [0, 0.1) is 5.41 Å². The molecule has 3 rings (SSSR count). The molecule has 1 unspecified atom stereocenters. The molecular weight excluding hydrogens is 312 g/mol. The lowest BCUT2D eigenvalue weighted by Gasteiger charge is -2.18. The number of pyridine rings is 1. The Hall–Kier alpha value is -3.21. The van der Waals surface area contributed by atoms with Crippen molar-refractivity contribution in [2.75, 3.05) is 5.73 Å². The summed E-state index contributed by atoms with van der Waals surface area (Å²) in [6.07, 6.45) is 3.64. The number of carbonyl (C=O) groups excluding carboxylic acids is 1. The molecule has 3 aromatic rings. The zero-order valence-corrected chi connectivity index (χ0v) is 14.0. The summed E-state index contributed by atoms with van der Waals surface area (Å²) in [6.45, 7) is 2.01. The number of rotatable bonds is 5. The summed E-state index contributed by atoms with van der Waals surface area (Å²) >= 11 is 0. The van der Waals surface area contributed by atoms with E-state index < -0.39 is 0 Å². The van der Waals surface area contributed by atoms with E-state index in [2.05, 4.69) is 10.3 Å². The standard InChI is InChI=1S/C20H20N4O/c1-2-18(19-16-6-4-3-5-13(16)9-10-23-19)24-20(25)14-7-8-17(22)15(11-14)12-21/h3-12,18,21H,2,22H2,1H3,(H,24,25). The van der Waals surface area contributed by atoms with E-state index in [9.17, 15) is 4.79 Å². The lowest BCUT2D eigenvalue weighted by Crippen LogP contribution is -2.29. The van der Waals surface area contributed by atoms with Crippen LogP contribution in [0.5, 0.6) is 0 Å². The van der Waals surface area contributed by atoms with Crippen LogP contribution in [0.3, 0.4) is 0 Å². The molecule has 25 heavy (non-hydrogen) atoms. The van der Waals surface area contributed by atoms with Crippen LogP contribution in [-0.4, -0.2) is 17.1 Å². The quantitative estimate of drug-likeness (QED) is 0.491. The molecule has 0 saturated carbocycles. The minimum Gasteiger partial charge on any atom is -0.398 e. The Morgan fingerprint density at radius 1 is 1.28 bits per heavy atom. The normalized spacial score (nSPS) is 11.9. The molecule has 5 nitrogen and oxygen atoms in total. The van der Waals surface area contributed by atoms with Crippen LogP contribution in [-0.2, 0) is 0 Å². The number of hydrogen-bond donors (Lipinski definition) is 3. The molecule has 0 spiro atoms. The highest BCUT2D eigenvalue weighted by Crippen LogP contribution is 2.24. The number of aromatic nitrogens is 1. The van der Waals surface area contributed by atoms with Gasteiger partial charge < -0.3 is 16.5 Å². The molecule has 0 saturated heterocycles. The molecule has 0 aliphatic rings. The van der Waals surface area contributed by atoms with Crippen LogP contribution in [0.2, 0.25) is 0 Å². The molecule has 0 radical (unpaired) electrons. The maximum Gasteiger partial charge on any atom is 0.251 e. The van der Waals surface area contributed by atoms with Crippen molar-refractivity contribution in [3.63, 3.8) is 0 Å². The van der Waals surface area contributed by atoms with E-state index in [-0.39, 0.29) is 11.9 Å². The summed E-state index contributed by atoms with van der Waals surface area (Å²) in [5, 5.41) is 12.6. The number of nitrogens with one attached hydrogen (secondary N) is 2. The van der Waals surface area contributed by atoms with Gasteiger partial charge in [-0.1, -0.05) is 31.2 Å². The number of benzene rings is 2. The van der Waals surface area contributed by atoms with Crippen molar-refractivity contribution in [3.05, 3.63) is 71.5 Å². The van der Waals surface area contributed by atoms with Crippen molar-refractivity contribution in [1.82, 2.24) is 10.3 Å². The van der Waals surface area contributed by atoms with E-state index in [1.54, 1.807) is 24.4 Å². The molecule has 1 heterocycles. The van der Waals surface area contributed by atoms with Gasteiger partial charge in [0.15, 0.2) is 0 Å². The predicted molar refractivity (Wildman–Crippen MR) is 101 cm³/mol. The van der Waals surface area contributed by atoms with E-state index in [4.69, 9.17) is 11.1 Å². The zero-order valence-electron chi connectivity index (χ0n) is 14.0. The first-order valence-electron chi connectivity index (χ1n) is 8.18. The highest BCUT2D eigenvalue weighted by molar-refractivity contribution is 5.98. The van der Waals surface area contributed by atoms with Gasteiger partial charge in [0.05, 0.1) is 11.7 Å². The molecule has 126 valence electrons. The van der Waals surface area contributed by atoms with Crippen LogP contribution in [0.1, 0.15) is 41.0 Å². The maximum atomic E-state index is 12.6. The van der Waals surface area contributed by atoms with Gasteiger partial charge in [-0.25, -0.2) is 0 Å². The largest absolute Gasteiger partial charge is 0.398 e. The predicted octanol–water partition coefficient (Wildman–Crippen LogP) is 3.70. The van der Waals surface area contributed by atoms with Crippen LogP contribution >= 0.6 is 0 Å². The van der Waals surface area contributed by atoms with E-state index >= 15 is 0 Å². The Bertz CT molecular complexity index is 931. The molecule has 2 aromatic carbocycles. The fourth-order valence-electron chi connectivity index (χ4n) is 2.87. The lowest BCUT2D eigenvalue weighted by atomic mass is 10.0. The SMILES string of the molecule is CCC(NC(=O)c1ccc(N)c(C=N)c1)c1nccc2ccccc12. The Balaban J connectivity index is 1.91. The molecule has 1 atom stereocenters. The second-order valence-electron chi connectivity index (χ2n) is 5.84. The zero-order chi connectivity index (χ0) is 17.8. The smallest absolute Gasteiger partial charge is 0.251 e. The van der Waals surface area contributed by atoms with Crippen LogP contribution in [0.4, 0.5) is 5.69 Å². The number of anilines is 1. The van der Waals surface area contributed by atoms with Crippen molar-refractivity contribution in [2.24, 2.45) is 0 Å². The summed E-state index contributed by atoms with van der Waals surface area (Å²) in [5.41, 5.74) is 8.14. The van der Waals surface area contributed by atoms with Gasteiger partial charge in [-0.05, 0) is 36.1 Å². The first-order chi connectivity index (χ1) is 12.1. The van der Waals surface area contributed by atoms with E-state index in [1.807, 2.05) is 37.3 Å². The fraction of sp³-hybridized carbons (Fsp3) is 0.150. The lowest BCUT2D eigenvalue weighted by molar-refractivity contribution is 0.0935. The Labute approximate surface area is 146 Å². The second kappa shape index (κ2) is 7.13. The minimum atomic E-state index is -0.204. The van der Waals surface area contributed by atoms with Crippen molar-refractivity contribution >= 4 is 28.6 Å². The number of fused-ring (bicyclic) bond motifs is 1. The summed E-state index contributed by atoms with van der Waals surface area (Å²) in [6, 6.07) is 14.7. The highest BCUT2D eigenvalue weighted by Gasteiger charge is 2.18. The Morgan fingerprint density at radius 2 is 2.08 bits per heavy atom. The molecule has 0 aliphatic heterocycles. The van der Waals surface area contributed by atoms with Crippen LogP contribution in [0.25, 0.3) is 10.8 Å². The number of hydrogen-bond acceptors (Lipinski definition) is 4. The molecule has 1 aromatic heterocycles. The summed E-state index contributed by atoms with van der Waals surface area (Å²) in [7, 11) is 0. The molecule has 0 bridgehead atoms. The monoisotopic (exact) mass is 332 g/mol. The maximum absolute atomic E-state index is 12.6. The summed E-state index contributed by atoms with van der Waals surface area (Å²) in [5.74, 6) is -0.204. The number of nitrogen functional groups attached to an aromatic ring is 1. The molecule has 1 amide bonds. The summed E-state index contributed by atoms with van der Waals surface area (Å²) < 4.78 is 0. The van der Waals surface area contributed by atoms with E-state index in [0.717, 1.165) is 29.1 Å².